The molecule has 2 heterocycles. The molecule has 2 amide bonds. The van der Waals surface area contributed by atoms with Crippen molar-refractivity contribution < 1.29 is 22.7 Å². The van der Waals surface area contributed by atoms with Gasteiger partial charge in [-0.15, -0.1) is 0 Å². The molecule has 1 aliphatic heterocycles. The van der Waals surface area contributed by atoms with E-state index in [0.717, 1.165) is 12.7 Å². The lowest BCUT2D eigenvalue weighted by molar-refractivity contribution is -0.168. The van der Waals surface area contributed by atoms with Crippen LogP contribution in [-0.4, -0.2) is 64.2 Å². The third kappa shape index (κ3) is 4.34. The van der Waals surface area contributed by atoms with Gasteiger partial charge >= 0.3 is 12.2 Å². The summed E-state index contributed by atoms with van der Waals surface area (Å²) in [5.41, 5.74) is 0. The van der Waals surface area contributed by atoms with Crippen LogP contribution in [0.15, 0.2) is 12.7 Å². The van der Waals surface area contributed by atoms with Gasteiger partial charge in [-0.25, -0.2) is 14.5 Å². The molecule has 0 aromatic carbocycles. The lowest BCUT2D eigenvalue weighted by Gasteiger charge is -2.37. The molecule has 130 valence electrons. The van der Waals surface area contributed by atoms with Crippen LogP contribution in [0.5, 0.6) is 0 Å². The number of ether oxygens (including phenoxy) is 1. The highest BCUT2D eigenvalue weighted by Gasteiger charge is 2.42. The highest BCUT2D eigenvalue weighted by atomic mass is 19.4. The Hall–Kier alpha value is -1.84. The first-order valence-corrected chi connectivity index (χ1v) is 7.31. The van der Waals surface area contributed by atoms with Gasteiger partial charge in [0.1, 0.15) is 12.7 Å². The molecule has 10 heteroatoms. The smallest absolute Gasteiger partial charge is 0.381 e. The van der Waals surface area contributed by atoms with E-state index in [0.29, 0.717) is 24.1 Å². The molecule has 23 heavy (non-hydrogen) atoms. The molecule has 1 fully saturated rings. The first kappa shape index (κ1) is 17.5. The van der Waals surface area contributed by atoms with Gasteiger partial charge in [-0.3, -0.25) is 0 Å². The highest BCUT2D eigenvalue weighted by Crippen LogP contribution is 2.29. The third-order valence-corrected chi connectivity index (χ3v) is 4.00. The van der Waals surface area contributed by atoms with E-state index in [-0.39, 0.29) is 12.1 Å². The molecule has 1 aromatic rings. The summed E-state index contributed by atoms with van der Waals surface area (Å²) in [6.07, 6.45) is -1.12. The van der Waals surface area contributed by atoms with E-state index in [9.17, 15) is 18.0 Å². The molecule has 0 spiro atoms. The maximum absolute atomic E-state index is 13.1. The number of carbonyl (C=O) groups excluding carboxylic acids is 1. The minimum Gasteiger partial charge on any atom is -0.381 e. The van der Waals surface area contributed by atoms with Crippen LogP contribution in [0.2, 0.25) is 0 Å². The summed E-state index contributed by atoms with van der Waals surface area (Å²) < 4.78 is 45.2. The van der Waals surface area contributed by atoms with Crippen molar-refractivity contribution in [2.45, 2.75) is 44.1 Å². The van der Waals surface area contributed by atoms with Gasteiger partial charge in [-0.2, -0.15) is 18.3 Å². The largest absolute Gasteiger partial charge is 0.412 e. The lowest BCUT2D eigenvalue weighted by Crippen LogP contribution is -2.52. The minimum absolute atomic E-state index is 0.0760. The summed E-state index contributed by atoms with van der Waals surface area (Å²) in [5.74, 6) is 0. The summed E-state index contributed by atoms with van der Waals surface area (Å²) in [5, 5.41) is 5.86. The molecule has 0 radical (unpaired) electrons. The van der Waals surface area contributed by atoms with Crippen LogP contribution in [-0.2, 0) is 4.74 Å². The molecular weight excluding hydrogens is 315 g/mol. The number of piperidine rings is 1. The van der Waals surface area contributed by atoms with Crippen LogP contribution < -0.4 is 5.32 Å². The molecule has 7 nitrogen and oxygen atoms in total. The number of nitrogens with zero attached hydrogens (tertiary/aromatic N) is 4. The van der Waals surface area contributed by atoms with Crippen LogP contribution in [0.3, 0.4) is 0 Å². The second-order valence-corrected chi connectivity index (χ2v) is 5.54. The summed E-state index contributed by atoms with van der Waals surface area (Å²) in [6, 6.07) is -2.55. The van der Waals surface area contributed by atoms with Gasteiger partial charge < -0.3 is 15.0 Å². The Bertz CT molecular complexity index is 508. The van der Waals surface area contributed by atoms with Gasteiger partial charge in [0.15, 0.2) is 6.04 Å². The molecule has 2 rings (SSSR count). The highest BCUT2D eigenvalue weighted by molar-refractivity contribution is 5.74. The number of halogens is 3. The number of hydrogen-bond donors (Lipinski definition) is 1. The van der Waals surface area contributed by atoms with Crippen LogP contribution in [0.1, 0.15) is 25.8 Å². The molecular formula is C13H20F3N5O2. The number of methoxy groups -OCH3 is 1. The van der Waals surface area contributed by atoms with Crippen LogP contribution in [0.4, 0.5) is 18.0 Å². The van der Waals surface area contributed by atoms with Crippen molar-refractivity contribution in [2.75, 3.05) is 20.2 Å². The minimum atomic E-state index is -4.53. The van der Waals surface area contributed by atoms with Crippen molar-refractivity contribution in [1.29, 1.82) is 0 Å². The van der Waals surface area contributed by atoms with Crippen LogP contribution >= 0.6 is 0 Å². The Morgan fingerprint density at radius 2 is 2.26 bits per heavy atom. The lowest BCUT2D eigenvalue weighted by atomic mass is 10.0. The molecule has 1 aliphatic rings. The maximum Gasteiger partial charge on any atom is 0.412 e. The fourth-order valence-electron chi connectivity index (χ4n) is 2.67. The van der Waals surface area contributed by atoms with Crippen molar-refractivity contribution in [1.82, 2.24) is 25.0 Å². The monoisotopic (exact) mass is 335 g/mol. The predicted octanol–water partition coefficient (Wildman–Crippen LogP) is 1.59. The fourth-order valence-corrected chi connectivity index (χ4v) is 2.67. The van der Waals surface area contributed by atoms with Crippen LogP contribution in [0.25, 0.3) is 0 Å². The standard InChI is InChI=1S/C13H20F3N5O2/c1-9-5-10(23-2)3-4-20(9)12(22)18-6-11(13(14,15)16)21-8-17-7-19-21/h7-11H,3-6H2,1-2H3,(H,18,22). The van der Waals surface area contributed by atoms with E-state index in [1.54, 1.807) is 7.11 Å². The van der Waals surface area contributed by atoms with Crippen molar-refractivity contribution in [3.05, 3.63) is 12.7 Å². The Balaban J connectivity index is 1.94. The third-order valence-electron chi connectivity index (χ3n) is 4.00. The summed E-state index contributed by atoms with van der Waals surface area (Å²) in [7, 11) is 1.61. The second-order valence-electron chi connectivity index (χ2n) is 5.54. The number of hydrogen-bond acceptors (Lipinski definition) is 4. The molecule has 0 saturated carbocycles. The average Bonchev–Trinajstić information content (AvgIpc) is 2.99. The van der Waals surface area contributed by atoms with E-state index >= 15 is 0 Å². The van der Waals surface area contributed by atoms with Gasteiger partial charge in [-0.1, -0.05) is 0 Å². The summed E-state index contributed by atoms with van der Waals surface area (Å²) >= 11 is 0. The number of amides is 2. The summed E-state index contributed by atoms with van der Waals surface area (Å²) in [6.45, 7) is 1.71. The topological polar surface area (TPSA) is 72.3 Å². The second kappa shape index (κ2) is 7.16. The number of urea groups is 1. The van der Waals surface area contributed by atoms with Gasteiger partial charge in [0.2, 0.25) is 0 Å². The molecule has 1 aromatic heterocycles. The van der Waals surface area contributed by atoms with E-state index in [1.807, 2.05) is 6.92 Å². The van der Waals surface area contributed by atoms with Crippen molar-refractivity contribution in [2.24, 2.45) is 0 Å². The molecule has 1 saturated heterocycles. The molecule has 3 unspecified atom stereocenters. The summed E-state index contributed by atoms with van der Waals surface area (Å²) in [4.78, 5) is 17.2. The first-order chi connectivity index (χ1) is 10.8. The van der Waals surface area contributed by atoms with Crippen LogP contribution in [0, 0.1) is 0 Å². The van der Waals surface area contributed by atoms with Gasteiger partial charge in [0.05, 0.1) is 12.6 Å². The Morgan fingerprint density at radius 3 is 2.78 bits per heavy atom. The van der Waals surface area contributed by atoms with Gasteiger partial charge in [0, 0.05) is 19.7 Å². The molecule has 1 N–H and O–H groups in total. The SMILES string of the molecule is COC1CCN(C(=O)NCC(n2cncn2)C(F)(F)F)C(C)C1. The molecule has 0 aliphatic carbocycles. The average molecular weight is 335 g/mol. The zero-order chi connectivity index (χ0) is 17.0. The maximum atomic E-state index is 13.1. The number of carbonyl (C=O) groups is 1. The zero-order valence-corrected chi connectivity index (χ0v) is 13.0. The van der Waals surface area contributed by atoms with Crippen molar-refractivity contribution in [3.63, 3.8) is 0 Å². The van der Waals surface area contributed by atoms with E-state index in [1.165, 1.54) is 4.90 Å². The zero-order valence-electron chi connectivity index (χ0n) is 13.0. The Labute approximate surface area is 131 Å². The molecule has 3 atom stereocenters. The van der Waals surface area contributed by atoms with Gasteiger partial charge in [-0.05, 0) is 19.8 Å². The van der Waals surface area contributed by atoms with E-state index < -0.39 is 24.8 Å². The number of aromatic nitrogens is 3. The van der Waals surface area contributed by atoms with Crippen molar-refractivity contribution in [3.8, 4) is 0 Å². The fraction of sp³-hybridized carbons (Fsp3) is 0.769. The number of alkyl halides is 3. The number of likely N-dealkylation sites (tertiary alicyclic amines) is 1. The first-order valence-electron chi connectivity index (χ1n) is 7.31. The Morgan fingerprint density at radius 1 is 1.52 bits per heavy atom. The van der Waals surface area contributed by atoms with Crippen molar-refractivity contribution >= 4 is 6.03 Å². The number of nitrogens with one attached hydrogen (secondary N) is 1. The number of rotatable bonds is 4. The predicted molar refractivity (Wildman–Crippen MR) is 74.7 cm³/mol. The molecule has 0 bridgehead atoms. The van der Waals surface area contributed by atoms with E-state index in [4.69, 9.17) is 4.74 Å². The van der Waals surface area contributed by atoms with E-state index in [2.05, 4.69) is 15.4 Å². The quantitative estimate of drug-likeness (QED) is 0.907. The Kier molecular flexibility index (Phi) is 5.45. The normalized spacial score (nSPS) is 23.6. The van der Waals surface area contributed by atoms with Gasteiger partial charge in [0.25, 0.3) is 0 Å².